The molecule has 1 aromatic carbocycles. The summed E-state index contributed by atoms with van der Waals surface area (Å²) in [4.78, 5) is 4.44. The third-order valence-electron chi connectivity index (χ3n) is 2.69. The Bertz CT molecular complexity index is 484. The summed E-state index contributed by atoms with van der Waals surface area (Å²) in [6.07, 6.45) is 3.10. The molecule has 0 bridgehead atoms. The Morgan fingerprint density at radius 2 is 2.18 bits per heavy atom. The predicted octanol–water partition coefficient (Wildman–Crippen LogP) is 3.38. The molecule has 17 heavy (non-hydrogen) atoms. The summed E-state index contributed by atoms with van der Waals surface area (Å²) in [6.45, 7) is 2.19. The standard InChI is InChI=1S/C14H18N2S/c1-2-7-17-10-13(15)12-8-11-5-3-4-6-14(11)16-9-12/h3-6,8-9,13H,2,7,10,15H2,1H3. The fraction of sp³-hybridized carbons (Fsp3) is 0.357. The van der Waals surface area contributed by atoms with Gasteiger partial charge in [0.25, 0.3) is 0 Å². The van der Waals surface area contributed by atoms with E-state index in [9.17, 15) is 0 Å². The molecular formula is C14H18N2S. The monoisotopic (exact) mass is 246 g/mol. The summed E-state index contributed by atoms with van der Waals surface area (Å²) < 4.78 is 0. The maximum Gasteiger partial charge on any atom is 0.0702 e. The maximum absolute atomic E-state index is 6.17. The van der Waals surface area contributed by atoms with E-state index < -0.39 is 0 Å². The summed E-state index contributed by atoms with van der Waals surface area (Å²) in [7, 11) is 0. The lowest BCUT2D eigenvalue weighted by molar-refractivity contribution is 0.826. The number of benzene rings is 1. The van der Waals surface area contributed by atoms with Crippen LogP contribution in [0.1, 0.15) is 24.9 Å². The third-order valence-corrected chi connectivity index (χ3v) is 3.98. The topological polar surface area (TPSA) is 38.9 Å². The van der Waals surface area contributed by atoms with Gasteiger partial charge in [0.1, 0.15) is 0 Å². The lowest BCUT2D eigenvalue weighted by atomic mass is 10.1. The lowest BCUT2D eigenvalue weighted by Gasteiger charge is -2.11. The minimum atomic E-state index is 0.0867. The Hall–Kier alpha value is -1.06. The molecule has 0 aliphatic carbocycles. The maximum atomic E-state index is 6.17. The third kappa shape index (κ3) is 3.20. The molecule has 0 radical (unpaired) electrons. The molecule has 1 heterocycles. The molecule has 0 saturated carbocycles. The normalized spacial score (nSPS) is 12.8. The number of pyridine rings is 1. The number of rotatable bonds is 5. The number of fused-ring (bicyclic) bond motifs is 1. The first-order valence-corrected chi connectivity index (χ1v) is 7.14. The molecule has 2 nitrogen and oxygen atoms in total. The molecule has 90 valence electrons. The molecule has 2 rings (SSSR count). The lowest BCUT2D eigenvalue weighted by Crippen LogP contribution is -2.13. The van der Waals surface area contributed by atoms with Gasteiger partial charge in [-0.25, -0.2) is 0 Å². The van der Waals surface area contributed by atoms with Gasteiger partial charge in [0.2, 0.25) is 0 Å². The number of para-hydroxylation sites is 1. The van der Waals surface area contributed by atoms with Gasteiger partial charge in [-0.1, -0.05) is 25.1 Å². The van der Waals surface area contributed by atoms with E-state index in [-0.39, 0.29) is 6.04 Å². The molecule has 1 atom stereocenters. The largest absolute Gasteiger partial charge is 0.323 e. The van der Waals surface area contributed by atoms with E-state index in [1.807, 2.05) is 36.2 Å². The van der Waals surface area contributed by atoms with Crippen LogP contribution in [0.3, 0.4) is 0 Å². The zero-order chi connectivity index (χ0) is 12.1. The van der Waals surface area contributed by atoms with Crippen LogP contribution in [0.15, 0.2) is 36.5 Å². The highest BCUT2D eigenvalue weighted by Gasteiger charge is 2.07. The van der Waals surface area contributed by atoms with Crippen LogP contribution in [-0.4, -0.2) is 16.5 Å². The van der Waals surface area contributed by atoms with Crippen LogP contribution in [-0.2, 0) is 0 Å². The average Bonchev–Trinajstić information content (AvgIpc) is 2.38. The van der Waals surface area contributed by atoms with Gasteiger partial charge in [0.15, 0.2) is 0 Å². The molecule has 1 aromatic heterocycles. The fourth-order valence-corrected chi connectivity index (χ4v) is 2.64. The van der Waals surface area contributed by atoms with Crippen molar-refractivity contribution in [2.45, 2.75) is 19.4 Å². The molecule has 0 aliphatic rings. The van der Waals surface area contributed by atoms with E-state index in [1.54, 1.807) is 0 Å². The van der Waals surface area contributed by atoms with Crippen molar-refractivity contribution in [3.05, 3.63) is 42.1 Å². The summed E-state index contributed by atoms with van der Waals surface area (Å²) in [5.74, 6) is 2.14. The van der Waals surface area contributed by atoms with Gasteiger partial charge in [-0.3, -0.25) is 4.98 Å². The molecule has 0 fully saturated rings. The van der Waals surface area contributed by atoms with Crippen molar-refractivity contribution in [3.8, 4) is 0 Å². The van der Waals surface area contributed by atoms with Gasteiger partial charge in [0, 0.05) is 23.4 Å². The quantitative estimate of drug-likeness (QED) is 0.822. The highest BCUT2D eigenvalue weighted by Crippen LogP contribution is 2.19. The first-order chi connectivity index (χ1) is 8.31. The number of nitrogens with two attached hydrogens (primary N) is 1. The second-order valence-electron chi connectivity index (χ2n) is 4.14. The number of hydrogen-bond donors (Lipinski definition) is 1. The Morgan fingerprint density at radius 1 is 1.35 bits per heavy atom. The highest BCUT2D eigenvalue weighted by molar-refractivity contribution is 7.99. The van der Waals surface area contributed by atoms with Crippen LogP contribution in [0.4, 0.5) is 0 Å². The van der Waals surface area contributed by atoms with Crippen LogP contribution in [0, 0.1) is 0 Å². The van der Waals surface area contributed by atoms with Crippen molar-refractivity contribution in [1.29, 1.82) is 0 Å². The SMILES string of the molecule is CCCSCC(N)c1cnc2ccccc2c1. The van der Waals surface area contributed by atoms with Crippen LogP contribution in [0.5, 0.6) is 0 Å². The summed E-state index contributed by atoms with van der Waals surface area (Å²) in [5.41, 5.74) is 8.33. The van der Waals surface area contributed by atoms with Gasteiger partial charge in [0.05, 0.1) is 5.52 Å². The Labute approximate surface area is 107 Å². The number of hydrogen-bond acceptors (Lipinski definition) is 3. The van der Waals surface area contributed by atoms with E-state index >= 15 is 0 Å². The van der Waals surface area contributed by atoms with Crippen molar-refractivity contribution in [2.24, 2.45) is 5.73 Å². The van der Waals surface area contributed by atoms with Crippen molar-refractivity contribution >= 4 is 22.7 Å². The van der Waals surface area contributed by atoms with Crippen LogP contribution in [0.2, 0.25) is 0 Å². The molecule has 0 spiro atoms. The Balaban J connectivity index is 2.12. The van der Waals surface area contributed by atoms with E-state index in [0.29, 0.717) is 0 Å². The van der Waals surface area contributed by atoms with Crippen LogP contribution in [0.25, 0.3) is 10.9 Å². The van der Waals surface area contributed by atoms with Gasteiger partial charge >= 0.3 is 0 Å². The van der Waals surface area contributed by atoms with Crippen molar-refractivity contribution in [1.82, 2.24) is 4.98 Å². The molecule has 1 unspecified atom stereocenters. The van der Waals surface area contributed by atoms with Gasteiger partial charge in [-0.15, -0.1) is 0 Å². The Kier molecular flexibility index (Phi) is 4.40. The number of aromatic nitrogens is 1. The van der Waals surface area contributed by atoms with Crippen LogP contribution < -0.4 is 5.73 Å². The first kappa shape index (κ1) is 12.4. The smallest absolute Gasteiger partial charge is 0.0702 e. The van der Waals surface area contributed by atoms with Crippen LogP contribution >= 0.6 is 11.8 Å². The molecule has 0 saturated heterocycles. The molecule has 0 amide bonds. The number of nitrogens with zero attached hydrogens (tertiary/aromatic N) is 1. The zero-order valence-corrected chi connectivity index (χ0v) is 10.9. The molecular weight excluding hydrogens is 228 g/mol. The second-order valence-corrected chi connectivity index (χ2v) is 5.29. The molecule has 0 aliphatic heterocycles. The van der Waals surface area contributed by atoms with Crippen molar-refractivity contribution < 1.29 is 0 Å². The van der Waals surface area contributed by atoms with E-state index in [1.165, 1.54) is 17.6 Å². The summed E-state index contributed by atoms with van der Waals surface area (Å²) >= 11 is 1.91. The Morgan fingerprint density at radius 3 is 3.00 bits per heavy atom. The minimum absolute atomic E-state index is 0.0867. The molecule has 2 aromatic rings. The summed E-state index contributed by atoms with van der Waals surface area (Å²) in [5, 5.41) is 1.17. The van der Waals surface area contributed by atoms with Crippen molar-refractivity contribution in [2.75, 3.05) is 11.5 Å². The van der Waals surface area contributed by atoms with Gasteiger partial charge in [-0.05, 0) is 29.9 Å². The number of thioether (sulfide) groups is 1. The zero-order valence-electron chi connectivity index (χ0n) is 10.1. The van der Waals surface area contributed by atoms with E-state index in [0.717, 1.165) is 16.8 Å². The van der Waals surface area contributed by atoms with E-state index in [4.69, 9.17) is 5.73 Å². The van der Waals surface area contributed by atoms with Gasteiger partial charge < -0.3 is 5.73 Å². The highest BCUT2D eigenvalue weighted by atomic mass is 32.2. The van der Waals surface area contributed by atoms with Crippen molar-refractivity contribution in [3.63, 3.8) is 0 Å². The molecule has 2 N–H and O–H groups in total. The first-order valence-electron chi connectivity index (χ1n) is 5.99. The minimum Gasteiger partial charge on any atom is -0.323 e. The summed E-state index contributed by atoms with van der Waals surface area (Å²) in [6, 6.07) is 10.4. The fourth-order valence-electron chi connectivity index (χ4n) is 1.74. The van der Waals surface area contributed by atoms with Gasteiger partial charge in [-0.2, -0.15) is 11.8 Å². The average molecular weight is 246 g/mol. The second kappa shape index (κ2) is 6.03. The predicted molar refractivity (Wildman–Crippen MR) is 76.3 cm³/mol. The van der Waals surface area contributed by atoms with E-state index in [2.05, 4.69) is 24.0 Å². The molecule has 3 heteroatoms.